The number of carbonyl (C=O) groups excluding carboxylic acids is 2. The first-order chi connectivity index (χ1) is 18.0. The molecule has 0 unspecified atom stereocenters. The zero-order valence-corrected chi connectivity index (χ0v) is 24.8. The molecule has 0 bridgehead atoms. The maximum atomic E-state index is 11.9. The number of esters is 2. The fourth-order valence-corrected chi connectivity index (χ4v) is 4.22. The van der Waals surface area contributed by atoms with Crippen LogP contribution in [0.3, 0.4) is 0 Å². The van der Waals surface area contributed by atoms with Crippen LogP contribution in [0.15, 0.2) is 12.2 Å². The number of rotatable bonds is 21. The molecule has 8 nitrogen and oxygen atoms in total. The van der Waals surface area contributed by atoms with Crippen LogP contribution in [0.4, 0.5) is 0 Å². The molecule has 8 heteroatoms. The van der Waals surface area contributed by atoms with Crippen LogP contribution in [-0.4, -0.2) is 45.3 Å². The minimum atomic E-state index is -1.14. The Labute approximate surface area is 230 Å². The van der Waals surface area contributed by atoms with Gasteiger partial charge in [0.1, 0.15) is 11.2 Å². The predicted molar refractivity (Wildman–Crippen MR) is 150 cm³/mol. The molecule has 0 aromatic carbocycles. The number of hydrogen-bond donors (Lipinski definition) is 2. The molecule has 0 atom stereocenters. The number of carbonyl (C=O) groups is 4. The van der Waals surface area contributed by atoms with Crippen LogP contribution in [-0.2, 0) is 28.7 Å². The van der Waals surface area contributed by atoms with Gasteiger partial charge >= 0.3 is 23.9 Å². The Morgan fingerprint density at radius 2 is 1.05 bits per heavy atom. The van der Waals surface area contributed by atoms with Gasteiger partial charge < -0.3 is 19.7 Å². The molecule has 0 aliphatic heterocycles. The lowest BCUT2D eigenvalue weighted by molar-refractivity contribution is -0.162. The van der Waals surface area contributed by atoms with Gasteiger partial charge in [-0.2, -0.15) is 0 Å². The highest BCUT2D eigenvalue weighted by Gasteiger charge is 2.30. The smallest absolute Gasteiger partial charge is 0.331 e. The Morgan fingerprint density at radius 3 is 1.45 bits per heavy atom. The van der Waals surface area contributed by atoms with E-state index in [-0.39, 0.29) is 18.0 Å². The predicted octanol–water partition coefficient (Wildman–Crippen LogP) is 7.62. The summed E-state index contributed by atoms with van der Waals surface area (Å²) in [6.07, 6.45) is 15.0. The first-order valence-electron chi connectivity index (χ1n) is 14.6. The molecule has 0 saturated heterocycles. The molecule has 0 aliphatic carbocycles. The van der Waals surface area contributed by atoms with Gasteiger partial charge in [-0.3, -0.25) is 9.59 Å². The van der Waals surface area contributed by atoms with E-state index >= 15 is 0 Å². The second-order valence-corrected chi connectivity index (χ2v) is 9.86. The molecular formula is C30H54O8. The van der Waals surface area contributed by atoms with Gasteiger partial charge in [-0.15, -0.1) is 0 Å². The van der Waals surface area contributed by atoms with E-state index in [9.17, 15) is 19.2 Å². The SMILES string of the molecule is CCCCCC(CC)(CC)OC(=O)/C=C\C(=O)O.CCCCCC(CC)(CC)OC(=O)CCCCC(=O)O. The molecule has 0 aliphatic rings. The summed E-state index contributed by atoms with van der Waals surface area (Å²) in [5, 5.41) is 17.0. The molecule has 2 N–H and O–H groups in total. The second-order valence-electron chi connectivity index (χ2n) is 9.86. The quantitative estimate of drug-likeness (QED) is 0.0861. The van der Waals surface area contributed by atoms with Crippen molar-refractivity contribution in [3.8, 4) is 0 Å². The summed E-state index contributed by atoms with van der Waals surface area (Å²) in [7, 11) is 0. The van der Waals surface area contributed by atoms with Crippen molar-refractivity contribution in [3.05, 3.63) is 12.2 Å². The van der Waals surface area contributed by atoms with Crippen LogP contribution >= 0.6 is 0 Å². The van der Waals surface area contributed by atoms with Gasteiger partial charge in [0.25, 0.3) is 0 Å². The second kappa shape index (κ2) is 22.6. The summed E-state index contributed by atoms with van der Waals surface area (Å²) < 4.78 is 11.1. The number of hydrogen-bond acceptors (Lipinski definition) is 6. The van der Waals surface area contributed by atoms with Crippen LogP contribution in [0.1, 0.15) is 144 Å². The molecule has 0 rings (SSSR count). The molecule has 0 aromatic heterocycles. The molecule has 0 radical (unpaired) electrons. The van der Waals surface area contributed by atoms with Crippen LogP contribution < -0.4 is 0 Å². The van der Waals surface area contributed by atoms with E-state index in [1.165, 1.54) is 0 Å². The third-order valence-electron chi connectivity index (χ3n) is 7.08. The largest absolute Gasteiger partial charge is 0.481 e. The third-order valence-corrected chi connectivity index (χ3v) is 7.08. The Balaban J connectivity index is 0. The minimum Gasteiger partial charge on any atom is -0.481 e. The summed E-state index contributed by atoms with van der Waals surface area (Å²) in [5.74, 6) is -2.71. The van der Waals surface area contributed by atoms with Gasteiger partial charge in [0, 0.05) is 25.0 Å². The average Bonchev–Trinajstić information content (AvgIpc) is 2.89. The van der Waals surface area contributed by atoms with Crippen molar-refractivity contribution in [2.75, 3.05) is 0 Å². The standard InChI is InChI=1S/C16H30O4.C14H24O4/c1-4-7-10-13-16(5-2,6-3)20-15(19)12-9-8-11-14(17)18;1-4-7-8-11-14(5-2,6-3)18-13(17)10-9-12(15)16/h4-13H2,1-3H3,(H,17,18);9-10H,4-8,11H2,1-3H3,(H,15,16)/b;10-9-. The third kappa shape index (κ3) is 18.8. The number of aliphatic carboxylic acids is 2. The highest BCUT2D eigenvalue weighted by Crippen LogP contribution is 2.29. The van der Waals surface area contributed by atoms with Crippen LogP contribution in [0.25, 0.3) is 0 Å². The van der Waals surface area contributed by atoms with E-state index < -0.39 is 23.5 Å². The van der Waals surface area contributed by atoms with Crippen LogP contribution in [0.2, 0.25) is 0 Å². The normalized spacial score (nSPS) is 11.5. The van der Waals surface area contributed by atoms with Crippen molar-refractivity contribution in [1.82, 2.24) is 0 Å². The van der Waals surface area contributed by atoms with Crippen molar-refractivity contribution in [2.24, 2.45) is 0 Å². The van der Waals surface area contributed by atoms with Crippen LogP contribution in [0.5, 0.6) is 0 Å². The van der Waals surface area contributed by atoms with Crippen molar-refractivity contribution in [2.45, 2.75) is 155 Å². The highest BCUT2D eigenvalue weighted by molar-refractivity contribution is 5.90. The molecule has 38 heavy (non-hydrogen) atoms. The van der Waals surface area contributed by atoms with Gasteiger partial charge in [0.15, 0.2) is 0 Å². The summed E-state index contributed by atoms with van der Waals surface area (Å²) >= 11 is 0. The van der Waals surface area contributed by atoms with E-state index in [0.717, 1.165) is 89.2 Å². The first-order valence-corrected chi connectivity index (χ1v) is 14.6. The molecule has 0 spiro atoms. The van der Waals surface area contributed by atoms with Gasteiger partial charge in [0.2, 0.25) is 0 Å². The van der Waals surface area contributed by atoms with E-state index in [2.05, 4.69) is 27.7 Å². The maximum Gasteiger partial charge on any atom is 0.331 e. The Bertz CT molecular complexity index is 690. The number of carboxylic acids is 2. The molecule has 0 fully saturated rings. The maximum absolute atomic E-state index is 11.9. The van der Waals surface area contributed by atoms with E-state index in [1.54, 1.807) is 0 Å². The van der Waals surface area contributed by atoms with Crippen LogP contribution in [0, 0.1) is 0 Å². The fourth-order valence-electron chi connectivity index (χ4n) is 4.22. The Morgan fingerprint density at radius 1 is 0.605 bits per heavy atom. The van der Waals surface area contributed by atoms with E-state index in [0.29, 0.717) is 19.3 Å². The monoisotopic (exact) mass is 542 g/mol. The molecule has 0 amide bonds. The van der Waals surface area contributed by atoms with Gasteiger partial charge in [-0.25, -0.2) is 9.59 Å². The van der Waals surface area contributed by atoms with Crippen molar-refractivity contribution < 1.29 is 38.9 Å². The fraction of sp³-hybridized carbons (Fsp3) is 0.800. The molecule has 0 saturated carbocycles. The van der Waals surface area contributed by atoms with Gasteiger partial charge in [0.05, 0.1) is 0 Å². The number of carboxylic acid groups (broad SMARTS) is 2. The van der Waals surface area contributed by atoms with E-state index in [4.69, 9.17) is 19.7 Å². The Hall–Kier alpha value is -2.38. The van der Waals surface area contributed by atoms with Crippen molar-refractivity contribution in [1.29, 1.82) is 0 Å². The van der Waals surface area contributed by atoms with Crippen molar-refractivity contribution >= 4 is 23.9 Å². The zero-order chi connectivity index (χ0) is 29.5. The summed E-state index contributed by atoms with van der Waals surface area (Å²) in [6, 6.07) is 0. The Kier molecular flexibility index (Phi) is 22.5. The minimum absolute atomic E-state index is 0.122. The first kappa shape index (κ1) is 37.8. The van der Waals surface area contributed by atoms with E-state index in [1.807, 2.05) is 13.8 Å². The molecule has 0 heterocycles. The summed E-state index contributed by atoms with van der Waals surface area (Å²) in [4.78, 5) is 44.1. The lowest BCUT2D eigenvalue weighted by Crippen LogP contribution is -2.33. The average molecular weight is 543 g/mol. The highest BCUT2D eigenvalue weighted by atomic mass is 16.6. The lowest BCUT2D eigenvalue weighted by atomic mass is 9.90. The summed E-state index contributed by atoms with van der Waals surface area (Å²) in [6.45, 7) is 12.4. The van der Waals surface area contributed by atoms with Gasteiger partial charge in [-0.1, -0.05) is 67.2 Å². The van der Waals surface area contributed by atoms with Gasteiger partial charge in [-0.05, 0) is 64.2 Å². The lowest BCUT2D eigenvalue weighted by Gasteiger charge is -2.31. The van der Waals surface area contributed by atoms with Crippen molar-refractivity contribution in [3.63, 3.8) is 0 Å². The topological polar surface area (TPSA) is 127 Å². The zero-order valence-electron chi connectivity index (χ0n) is 24.8. The number of unbranched alkanes of at least 4 members (excludes halogenated alkanes) is 5. The molecule has 0 aromatic rings. The molecule has 222 valence electrons. The number of ether oxygens (including phenoxy) is 2. The summed E-state index contributed by atoms with van der Waals surface area (Å²) in [5.41, 5.74) is -0.770. The molecular weight excluding hydrogens is 488 g/mol.